The summed E-state index contributed by atoms with van der Waals surface area (Å²) < 4.78 is 0. The normalized spacial score (nSPS) is 13.6. The van der Waals surface area contributed by atoms with Crippen LogP contribution < -0.4 is 0 Å². The number of para-hydroxylation sites is 2. The van der Waals surface area contributed by atoms with Crippen molar-refractivity contribution in [1.29, 1.82) is 0 Å². The largest absolute Gasteiger partial charge is 2.00 e. The number of hydrogen-bond acceptors (Lipinski definition) is 2. The van der Waals surface area contributed by atoms with Gasteiger partial charge in [-0.1, -0.05) is 184 Å². The molecule has 0 saturated heterocycles. The topological polar surface area (TPSA) is 40.5 Å². The molecule has 6 aromatic rings. The molecule has 2 N–H and O–H groups in total. The van der Waals surface area contributed by atoms with Crippen LogP contribution in [0.1, 0.15) is 52.4 Å². The minimum absolute atomic E-state index is 0. The zero-order chi connectivity index (χ0) is 35.0. The van der Waals surface area contributed by atoms with Crippen LogP contribution >= 0.6 is 0 Å². The maximum Gasteiger partial charge on any atom is 2.00 e. The summed E-state index contributed by atoms with van der Waals surface area (Å²) in [5.41, 5.74) is 10.5. The number of benzene rings is 6. The molecule has 0 spiro atoms. The fraction of sp³-hybridized carbons (Fsp3) is 0.167. The third kappa shape index (κ3) is 10.8. The second kappa shape index (κ2) is 20.7. The smallest absolute Gasteiger partial charge is 0.507 e. The van der Waals surface area contributed by atoms with Gasteiger partial charge < -0.3 is 33.5 Å². The predicted molar refractivity (Wildman–Crippen MR) is 211 cm³/mol. The molecule has 7 rings (SSSR count). The molecule has 6 aromatic carbocycles. The summed E-state index contributed by atoms with van der Waals surface area (Å²) >= 11 is 0. The summed E-state index contributed by atoms with van der Waals surface area (Å²) in [6.07, 6.45) is 14.1. The Balaban J connectivity index is 0.000000175. The van der Waals surface area contributed by atoms with Gasteiger partial charge in [0.2, 0.25) is 0 Å². The number of phenols is 2. The van der Waals surface area contributed by atoms with Gasteiger partial charge in [0.1, 0.15) is 11.5 Å². The van der Waals surface area contributed by atoms with Crippen LogP contribution in [0.4, 0.5) is 0 Å². The van der Waals surface area contributed by atoms with E-state index in [2.05, 4.69) is 26.0 Å². The van der Waals surface area contributed by atoms with E-state index in [0.717, 1.165) is 57.3 Å². The van der Waals surface area contributed by atoms with Crippen LogP contribution in [-0.2, 0) is 21.7 Å². The molecule has 0 bridgehead atoms. The first-order chi connectivity index (χ1) is 24.6. The first-order valence-corrected chi connectivity index (χ1v) is 17.7. The Morgan fingerprint density at radius 3 is 0.882 bits per heavy atom. The van der Waals surface area contributed by atoms with E-state index in [1.165, 1.54) is 36.8 Å². The molecule has 254 valence electrons. The van der Waals surface area contributed by atoms with E-state index >= 15 is 0 Å². The van der Waals surface area contributed by atoms with Crippen LogP contribution in [0.3, 0.4) is 0 Å². The zero-order valence-electron chi connectivity index (χ0n) is 29.6. The van der Waals surface area contributed by atoms with E-state index in [9.17, 15) is 10.2 Å². The fourth-order valence-corrected chi connectivity index (χ4v) is 6.21. The Morgan fingerprint density at radius 1 is 0.392 bits per heavy atom. The third-order valence-corrected chi connectivity index (χ3v) is 8.66. The average molecular weight is 703 g/mol. The van der Waals surface area contributed by atoms with Crippen LogP contribution in [0.5, 0.6) is 11.5 Å². The SMILES string of the molecule is CC[C-]=C1CCCCC1=[C-]CC.Oc1c(-c2ccccc2)cccc1-c1ccccc1.Oc1c(-c2ccccc2)cccc1-c1ccccc1.[Ti+2]. The molecule has 1 fully saturated rings. The number of hydrogen-bond donors (Lipinski definition) is 2. The molecule has 51 heavy (non-hydrogen) atoms. The Labute approximate surface area is 319 Å². The molecular weight excluding hydrogens is 656 g/mol. The van der Waals surface area contributed by atoms with Crippen molar-refractivity contribution in [2.45, 2.75) is 52.4 Å². The molecule has 2 nitrogen and oxygen atoms in total. The number of rotatable bonds is 6. The quantitative estimate of drug-likeness (QED) is 0.134. The van der Waals surface area contributed by atoms with E-state index < -0.39 is 0 Å². The Morgan fingerprint density at radius 2 is 0.647 bits per heavy atom. The summed E-state index contributed by atoms with van der Waals surface area (Å²) in [5, 5.41) is 21.0. The van der Waals surface area contributed by atoms with Gasteiger partial charge in [-0.2, -0.15) is 0 Å². The van der Waals surface area contributed by atoms with Gasteiger partial charge in [0.25, 0.3) is 0 Å². The molecule has 1 aliphatic carbocycles. The first kappa shape index (κ1) is 38.9. The molecule has 0 atom stereocenters. The summed E-state index contributed by atoms with van der Waals surface area (Å²) in [6.45, 7) is 4.32. The van der Waals surface area contributed by atoms with Crippen molar-refractivity contribution in [3.8, 4) is 56.0 Å². The van der Waals surface area contributed by atoms with Crippen molar-refractivity contribution in [1.82, 2.24) is 0 Å². The number of aromatic hydroxyl groups is 2. The molecule has 0 radical (unpaired) electrons. The molecule has 3 heteroatoms. The molecule has 0 aliphatic heterocycles. The van der Waals surface area contributed by atoms with Crippen molar-refractivity contribution in [2.24, 2.45) is 0 Å². The maximum atomic E-state index is 10.5. The van der Waals surface area contributed by atoms with Gasteiger partial charge in [-0.15, -0.1) is 25.7 Å². The Bertz CT molecular complexity index is 1700. The molecule has 0 unspecified atom stereocenters. The molecular formula is C48H46O2Ti. The summed E-state index contributed by atoms with van der Waals surface area (Å²) in [7, 11) is 0. The van der Waals surface area contributed by atoms with Gasteiger partial charge in [0.15, 0.2) is 0 Å². The summed E-state index contributed by atoms with van der Waals surface area (Å²) in [6, 6.07) is 51.5. The van der Waals surface area contributed by atoms with Gasteiger partial charge in [0.05, 0.1) is 0 Å². The second-order valence-corrected chi connectivity index (χ2v) is 12.1. The van der Waals surface area contributed by atoms with Crippen LogP contribution in [0, 0.1) is 12.2 Å². The third-order valence-electron chi connectivity index (χ3n) is 8.66. The zero-order valence-corrected chi connectivity index (χ0v) is 31.2. The maximum absolute atomic E-state index is 10.5. The van der Waals surface area contributed by atoms with Crippen molar-refractivity contribution in [2.75, 3.05) is 0 Å². The van der Waals surface area contributed by atoms with Crippen molar-refractivity contribution < 1.29 is 31.9 Å². The molecule has 0 aromatic heterocycles. The summed E-state index contributed by atoms with van der Waals surface area (Å²) in [4.78, 5) is 0. The number of allylic oxidation sites excluding steroid dienone is 4. The monoisotopic (exact) mass is 702 g/mol. The van der Waals surface area contributed by atoms with E-state index in [1.807, 2.05) is 158 Å². The van der Waals surface area contributed by atoms with Crippen LogP contribution in [-0.4, -0.2) is 10.2 Å². The molecule has 1 aliphatic rings. The minimum Gasteiger partial charge on any atom is -0.507 e. The molecule has 1 saturated carbocycles. The molecule has 0 amide bonds. The Hall–Kier alpha value is -4.89. The van der Waals surface area contributed by atoms with E-state index in [1.54, 1.807) is 0 Å². The van der Waals surface area contributed by atoms with Crippen molar-refractivity contribution >= 4 is 0 Å². The van der Waals surface area contributed by atoms with E-state index in [4.69, 9.17) is 0 Å². The van der Waals surface area contributed by atoms with Crippen molar-refractivity contribution in [3.63, 3.8) is 0 Å². The van der Waals surface area contributed by atoms with Crippen LogP contribution in [0.25, 0.3) is 44.5 Å². The van der Waals surface area contributed by atoms with E-state index in [0.29, 0.717) is 11.5 Å². The van der Waals surface area contributed by atoms with Gasteiger partial charge in [-0.3, -0.25) is 0 Å². The predicted octanol–water partition coefficient (Wildman–Crippen LogP) is 13.3. The van der Waals surface area contributed by atoms with Gasteiger partial charge >= 0.3 is 21.7 Å². The summed E-state index contributed by atoms with van der Waals surface area (Å²) in [5.74, 6) is 0.666. The second-order valence-electron chi connectivity index (χ2n) is 12.1. The fourth-order valence-electron chi connectivity index (χ4n) is 6.21. The van der Waals surface area contributed by atoms with Gasteiger partial charge in [-0.25, -0.2) is 0 Å². The van der Waals surface area contributed by atoms with E-state index in [-0.39, 0.29) is 21.7 Å². The average Bonchev–Trinajstić information content (AvgIpc) is 3.18. The standard InChI is InChI=1S/2C18H14O.C12H18.Ti/c2*19-18-16(14-8-3-1-4-9-14)12-7-13-17(18)15-10-5-2-6-11-15;1-3-7-11-9-5-6-10-12(11)8-4-2;/h2*1-13,19H;3-6,9-10H2,1-2H3;/q;;-2;+2. The molecule has 0 heterocycles. The van der Waals surface area contributed by atoms with Gasteiger partial charge in [-0.05, 0) is 22.3 Å². The Kier molecular flexibility index (Phi) is 15.8. The first-order valence-electron chi connectivity index (χ1n) is 17.7. The minimum atomic E-state index is 0. The van der Waals surface area contributed by atoms with Crippen molar-refractivity contribution in [3.05, 3.63) is 181 Å². The van der Waals surface area contributed by atoms with Crippen LogP contribution in [0.2, 0.25) is 0 Å². The number of phenolic OH excluding ortho intramolecular Hbond substituents is 2. The van der Waals surface area contributed by atoms with Crippen LogP contribution in [0.15, 0.2) is 169 Å². The van der Waals surface area contributed by atoms with Gasteiger partial charge in [0, 0.05) is 22.3 Å².